The molecule has 126 valence electrons. The zero-order valence-electron chi connectivity index (χ0n) is 14.6. The van der Waals surface area contributed by atoms with E-state index in [-0.39, 0.29) is 5.41 Å². The Morgan fingerprint density at radius 2 is 1.77 bits per heavy atom. The minimum atomic E-state index is -2.10. The first-order valence-corrected chi connectivity index (χ1v) is 9.35. The van der Waals surface area contributed by atoms with Crippen molar-refractivity contribution in [1.82, 2.24) is 0 Å². The summed E-state index contributed by atoms with van der Waals surface area (Å²) in [4.78, 5) is 11.9. The summed E-state index contributed by atoms with van der Waals surface area (Å²) in [6, 6.07) is 7.72. The number of rotatable bonds is 9. The van der Waals surface area contributed by atoms with Gasteiger partial charge in [-0.15, -0.1) is 0 Å². The van der Waals surface area contributed by atoms with E-state index in [1.807, 2.05) is 24.3 Å². The van der Waals surface area contributed by atoms with Crippen LogP contribution in [0.4, 0.5) is 0 Å². The summed E-state index contributed by atoms with van der Waals surface area (Å²) in [6.07, 6.45) is 4.53. The highest BCUT2D eigenvalue weighted by atomic mass is 31.2. The van der Waals surface area contributed by atoms with Crippen LogP contribution in [0.1, 0.15) is 65.9 Å². The van der Waals surface area contributed by atoms with Gasteiger partial charge in [-0.05, 0) is 35.4 Å². The van der Waals surface area contributed by atoms with Gasteiger partial charge in [-0.25, -0.2) is 0 Å². The molecule has 0 aromatic heterocycles. The van der Waals surface area contributed by atoms with Crippen LogP contribution in [0.2, 0.25) is 0 Å². The molecule has 22 heavy (non-hydrogen) atoms. The maximum atomic E-state index is 11.9. The Labute approximate surface area is 137 Å². The number of benzene rings is 1. The Morgan fingerprint density at radius 1 is 1.14 bits per heavy atom. The van der Waals surface area contributed by atoms with Crippen molar-refractivity contribution in [2.24, 2.45) is 5.92 Å². The summed E-state index contributed by atoms with van der Waals surface area (Å²) in [5.41, 5.74) is 1.33. The molecule has 0 aliphatic rings. The number of hydrogen-bond acceptors (Lipinski definition) is 3. The van der Waals surface area contributed by atoms with Gasteiger partial charge >= 0.3 is 0 Å². The Balaban J connectivity index is 2.42. The van der Waals surface area contributed by atoms with Crippen molar-refractivity contribution in [2.75, 3.05) is 6.61 Å². The molecule has 0 radical (unpaired) electrons. The van der Waals surface area contributed by atoms with Crippen molar-refractivity contribution in [3.8, 4) is 5.75 Å². The van der Waals surface area contributed by atoms with Gasteiger partial charge < -0.3 is 13.9 Å². The zero-order valence-corrected chi connectivity index (χ0v) is 15.5. The molecule has 0 fully saturated rings. The molecule has 0 saturated carbocycles. The summed E-state index contributed by atoms with van der Waals surface area (Å²) in [6.45, 7) is 11.3. The third-order valence-electron chi connectivity index (χ3n) is 3.86. The lowest BCUT2D eigenvalue weighted by atomic mass is 9.87. The molecular formula is C18H30O3P-. The summed E-state index contributed by atoms with van der Waals surface area (Å²) >= 11 is 0. The van der Waals surface area contributed by atoms with Crippen LogP contribution in [-0.2, 0) is 9.94 Å². The molecule has 0 amide bonds. The molecule has 3 nitrogen and oxygen atoms in total. The first-order chi connectivity index (χ1) is 10.4. The first kappa shape index (κ1) is 19.4. The Bertz CT molecular complexity index is 411. The van der Waals surface area contributed by atoms with Crippen molar-refractivity contribution in [1.29, 1.82) is 0 Å². The molecule has 1 aromatic rings. The van der Waals surface area contributed by atoms with Gasteiger partial charge in [0.2, 0.25) is 0 Å². The molecule has 1 aromatic carbocycles. The van der Waals surface area contributed by atoms with E-state index in [1.54, 1.807) is 0 Å². The zero-order chi connectivity index (χ0) is 16.6. The first-order valence-electron chi connectivity index (χ1n) is 8.25. The van der Waals surface area contributed by atoms with Crippen LogP contribution in [0.15, 0.2) is 24.3 Å². The van der Waals surface area contributed by atoms with Crippen LogP contribution in [0, 0.1) is 5.92 Å². The van der Waals surface area contributed by atoms with Gasteiger partial charge in [-0.1, -0.05) is 66.0 Å². The van der Waals surface area contributed by atoms with Crippen LogP contribution >= 0.6 is 8.60 Å². The lowest BCUT2D eigenvalue weighted by Crippen LogP contribution is -2.13. The summed E-state index contributed by atoms with van der Waals surface area (Å²) in [5, 5.41) is 0. The van der Waals surface area contributed by atoms with Crippen molar-refractivity contribution >= 4 is 8.60 Å². The molecule has 0 aliphatic heterocycles. The maximum Gasteiger partial charge on any atom is 0.147 e. The van der Waals surface area contributed by atoms with Gasteiger partial charge in [-0.3, -0.25) is 0 Å². The van der Waals surface area contributed by atoms with E-state index in [2.05, 4.69) is 34.6 Å². The molecule has 0 bridgehead atoms. The highest BCUT2D eigenvalue weighted by Gasteiger charge is 2.13. The number of unbranched alkanes of at least 4 members (excludes halogenated alkanes) is 1. The third kappa shape index (κ3) is 7.09. The van der Waals surface area contributed by atoms with E-state index in [0.717, 1.165) is 12.8 Å². The minimum absolute atomic E-state index is 0.102. The normalized spacial score (nSPS) is 14.6. The maximum absolute atomic E-state index is 11.9. The van der Waals surface area contributed by atoms with Crippen molar-refractivity contribution in [3.63, 3.8) is 0 Å². The summed E-state index contributed by atoms with van der Waals surface area (Å²) in [7, 11) is -2.10. The lowest BCUT2D eigenvalue weighted by molar-refractivity contribution is -0.197. The van der Waals surface area contributed by atoms with Gasteiger partial charge in [-0.2, -0.15) is 0 Å². The van der Waals surface area contributed by atoms with E-state index >= 15 is 0 Å². The van der Waals surface area contributed by atoms with E-state index in [0.29, 0.717) is 18.3 Å². The molecule has 4 heteroatoms. The molecule has 1 rings (SSSR count). The molecule has 0 spiro atoms. The number of hydrogen-bond donors (Lipinski definition) is 0. The molecule has 0 heterocycles. The Hall–Kier alpha value is -0.630. The second kappa shape index (κ2) is 9.50. The van der Waals surface area contributed by atoms with E-state index in [1.165, 1.54) is 18.4 Å². The molecule has 0 N–H and O–H groups in total. The molecule has 2 unspecified atom stereocenters. The van der Waals surface area contributed by atoms with E-state index < -0.39 is 8.60 Å². The van der Waals surface area contributed by atoms with Crippen molar-refractivity contribution in [2.45, 2.75) is 65.7 Å². The smallest absolute Gasteiger partial charge is 0.147 e. The molecule has 2 atom stereocenters. The van der Waals surface area contributed by atoms with Gasteiger partial charge in [0.15, 0.2) is 0 Å². The van der Waals surface area contributed by atoms with E-state index in [4.69, 9.17) is 9.05 Å². The Kier molecular flexibility index (Phi) is 8.38. The van der Waals surface area contributed by atoms with Crippen molar-refractivity contribution < 1.29 is 13.9 Å². The average Bonchev–Trinajstić information content (AvgIpc) is 2.47. The monoisotopic (exact) mass is 325 g/mol. The van der Waals surface area contributed by atoms with Gasteiger partial charge in [0.1, 0.15) is 14.4 Å². The topological polar surface area (TPSA) is 41.5 Å². The van der Waals surface area contributed by atoms with Gasteiger partial charge in [0, 0.05) is 0 Å². The van der Waals surface area contributed by atoms with Crippen LogP contribution < -0.4 is 9.42 Å². The minimum Gasteiger partial charge on any atom is -0.776 e. The second-order valence-corrected chi connectivity index (χ2v) is 7.69. The molecular weight excluding hydrogens is 295 g/mol. The molecule has 0 aliphatic carbocycles. The Morgan fingerprint density at radius 3 is 2.27 bits per heavy atom. The van der Waals surface area contributed by atoms with Gasteiger partial charge in [0.25, 0.3) is 0 Å². The van der Waals surface area contributed by atoms with E-state index in [9.17, 15) is 4.89 Å². The van der Waals surface area contributed by atoms with Crippen LogP contribution in [-0.4, -0.2) is 6.61 Å². The van der Waals surface area contributed by atoms with Crippen LogP contribution in [0.25, 0.3) is 0 Å². The lowest BCUT2D eigenvalue weighted by Gasteiger charge is -2.25. The highest BCUT2D eigenvalue weighted by Crippen LogP contribution is 2.33. The third-order valence-corrected chi connectivity index (χ3v) is 4.58. The largest absolute Gasteiger partial charge is 0.776 e. The highest BCUT2D eigenvalue weighted by molar-refractivity contribution is 7.39. The van der Waals surface area contributed by atoms with Crippen LogP contribution in [0.5, 0.6) is 5.75 Å². The predicted octanol–water partition coefficient (Wildman–Crippen LogP) is 5.18. The fourth-order valence-corrected chi connectivity index (χ4v) is 2.87. The molecule has 0 saturated heterocycles. The predicted molar refractivity (Wildman–Crippen MR) is 91.9 cm³/mol. The fraction of sp³-hybridized carbons (Fsp3) is 0.667. The fourth-order valence-electron chi connectivity index (χ4n) is 2.19. The summed E-state index contributed by atoms with van der Waals surface area (Å²) < 4.78 is 10.7. The second-order valence-electron chi connectivity index (χ2n) is 6.80. The van der Waals surface area contributed by atoms with Gasteiger partial charge in [0.05, 0.1) is 6.61 Å². The SMILES string of the molecule is CCCCC(CC)COP([O-])Oc1ccc(C(C)(C)C)cc1. The quantitative estimate of drug-likeness (QED) is 0.587. The standard InChI is InChI=1S/C18H30O3P/c1-6-8-9-15(7-2)14-20-22(19)21-17-12-10-16(11-13-17)18(3,4)5/h10-13,15H,6-9,14H2,1-5H3/q-1. The average molecular weight is 325 g/mol. The van der Waals surface area contributed by atoms with Crippen LogP contribution in [0.3, 0.4) is 0 Å². The summed E-state index contributed by atoms with van der Waals surface area (Å²) in [5.74, 6) is 1.06. The van der Waals surface area contributed by atoms with Crippen molar-refractivity contribution in [3.05, 3.63) is 29.8 Å².